The van der Waals surface area contributed by atoms with Gasteiger partial charge in [-0.2, -0.15) is 0 Å². The maximum absolute atomic E-state index is 12.8. The highest BCUT2D eigenvalue weighted by Gasteiger charge is 2.71. The number of hydrogen-bond donors (Lipinski definition) is 0. The largest absolute Gasteiger partial charge is 0.469 e. The zero-order valence-electron chi connectivity index (χ0n) is 14.1. The van der Waals surface area contributed by atoms with Gasteiger partial charge in [-0.1, -0.05) is 26.3 Å². The van der Waals surface area contributed by atoms with Crippen LogP contribution in [0.3, 0.4) is 0 Å². The van der Waals surface area contributed by atoms with Crippen molar-refractivity contribution >= 4 is 17.7 Å². The average molecular weight is 320 g/mol. The number of carbonyl (C=O) groups excluding carboxylic acids is 3. The first-order chi connectivity index (χ1) is 10.9. The Hall–Kier alpha value is -1.65. The van der Waals surface area contributed by atoms with Crippen LogP contribution < -0.4 is 0 Å². The molecule has 2 saturated carbocycles. The summed E-state index contributed by atoms with van der Waals surface area (Å²) in [7, 11) is 2.68. The first-order valence-electron chi connectivity index (χ1n) is 8.31. The Labute approximate surface area is 136 Å². The molecule has 0 radical (unpaired) electrons. The number of ketones is 1. The van der Waals surface area contributed by atoms with E-state index < -0.39 is 23.2 Å². The Morgan fingerprint density at radius 3 is 2.48 bits per heavy atom. The van der Waals surface area contributed by atoms with Crippen LogP contribution in [0, 0.1) is 35.0 Å². The minimum Gasteiger partial charge on any atom is -0.469 e. The first kappa shape index (κ1) is 16.2. The quantitative estimate of drug-likeness (QED) is 0.742. The van der Waals surface area contributed by atoms with Crippen LogP contribution in [0.5, 0.6) is 0 Å². The molecule has 0 unspecified atom stereocenters. The standard InChI is InChI=1S/C18H24O5/c1-5-6-9-7-11-12(15(9)19)10-8-18(11,2)14(17(21)23-4)13(10)16(20)22-3/h7,10-14H,5-6,8H2,1-4H3/t10-,11+,12+,13+,14-,18+/m0/s1. The molecule has 0 amide bonds. The fraction of sp³-hybridized carbons (Fsp3) is 0.722. The zero-order valence-corrected chi connectivity index (χ0v) is 14.1. The molecular weight excluding hydrogens is 296 g/mol. The summed E-state index contributed by atoms with van der Waals surface area (Å²) in [4.78, 5) is 37.5. The summed E-state index contributed by atoms with van der Waals surface area (Å²) in [6, 6.07) is 0. The van der Waals surface area contributed by atoms with Crippen molar-refractivity contribution in [2.75, 3.05) is 14.2 Å². The van der Waals surface area contributed by atoms with E-state index in [1.165, 1.54) is 14.2 Å². The van der Waals surface area contributed by atoms with Crippen LogP contribution >= 0.6 is 0 Å². The van der Waals surface area contributed by atoms with Crippen molar-refractivity contribution in [3.05, 3.63) is 11.6 Å². The molecule has 3 aliphatic carbocycles. The summed E-state index contributed by atoms with van der Waals surface area (Å²) in [5, 5.41) is 0. The molecule has 0 aromatic carbocycles. The first-order valence-corrected chi connectivity index (χ1v) is 8.31. The molecule has 5 heteroatoms. The number of fused-ring (bicyclic) bond motifs is 5. The van der Waals surface area contributed by atoms with E-state index in [-0.39, 0.29) is 29.5 Å². The molecule has 0 aromatic rings. The van der Waals surface area contributed by atoms with Crippen molar-refractivity contribution in [2.45, 2.75) is 33.1 Å². The summed E-state index contributed by atoms with van der Waals surface area (Å²) in [6.45, 7) is 4.07. The topological polar surface area (TPSA) is 69.7 Å². The van der Waals surface area contributed by atoms with Gasteiger partial charge in [-0.25, -0.2) is 0 Å². The van der Waals surface area contributed by atoms with Crippen LogP contribution in [0.15, 0.2) is 11.6 Å². The fourth-order valence-corrected chi connectivity index (χ4v) is 5.42. The van der Waals surface area contributed by atoms with Gasteiger partial charge in [0, 0.05) is 5.92 Å². The number of methoxy groups -OCH3 is 2. The lowest BCUT2D eigenvalue weighted by atomic mass is 9.62. The Morgan fingerprint density at radius 1 is 1.26 bits per heavy atom. The third kappa shape index (κ3) is 2.01. The third-order valence-electron chi connectivity index (χ3n) is 6.26. The molecule has 23 heavy (non-hydrogen) atoms. The Balaban J connectivity index is 2.03. The number of ether oxygens (including phenoxy) is 2. The summed E-state index contributed by atoms with van der Waals surface area (Å²) < 4.78 is 9.91. The van der Waals surface area contributed by atoms with E-state index in [2.05, 4.69) is 6.08 Å². The van der Waals surface area contributed by atoms with E-state index in [4.69, 9.17) is 9.47 Å². The van der Waals surface area contributed by atoms with Crippen LogP contribution in [0.25, 0.3) is 0 Å². The van der Waals surface area contributed by atoms with Gasteiger partial charge in [0.05, 0.1) is 26.1 Å². The van der Waals surface area contributed by atoms with Crippen LogP contribution in [0.4, 0.5) is 0 Å². The second kappa shape index (κ2) is 5.46. The molecule has 0 N–H and O–H groups in total. The van der Waals surface area contributed by atoms with E-state index in [0.717, 1.165) is 18.4 Å². The second-order valence-corrected chi connectivity index (χ2v) is 7.28. The molecule has 0 aliphatic heterocycles. The lowest BCUT2D eigenvalue weighted by molar-refractivity contribution is -0.165. The van der Waals surface area contributed by atoms with E-state index in [1.54, 1.807) is 0 Å². The van der Waals surface area contributed by atoms with Crippen LogP contribution in [-0.4, -0.2) is 31.9 Å². The molecule has 3 rings (SSSR count). The van der Waals surface area contributed by atoms with Gasteiger partial charge >= 0.3 is 11.9 Å². The van der Waals surface area contributed by atoms with Gasteiger partial charge in [-0.05, 0) is 35.7 Å². The van der Waals surface area contributed by atoms with Crippen LogP contribution in [-0.2, 0) is 23.9 Å². The van der Waals surface area contributed by atoms with E-state index in [9.17, 15) is 14.4 Å². The number of Topliss-reactive ketones (excluding diaryl/α,β-unsaturated/α-hetero) is 1. The van der Waals surface area contributed by atoms with Gasteiger partial charge in [0.25, 0.3) is 0 Å². The highest BCUT2D eigenvalue weighted by molar-refractivity contribution is 6.02. The molecule has 126 valence electrons. The summed E-state index contributed by atoms with van der Waals surface area (Å²) in [5.74, 6) is -1.97. The molecule has 5 nitrogen and oxygen atoms in total. The van der Waals surface area contributed by atoms with E-state index in [1.807, 2.05) is 13.8 Å². The lowest BCUT2D eigenvalue weighted by Crippen LogP contribution is -2.47. The summed E-state index contributed by atoms with van der Waals surface area (Å²) in [5.41, 5.74) is 0.458. The Kier molecular flexibility index (Phi) is 3.85. The molecule has 0 spiro atoms. The van der Waals surface area contributed by atoms with Gasteiger partial charge in [0.15, 0.2) is 5.78 Å². The lowest BCUT2D eigenvalue weighted by Gasteiger charge is -2.40. The number of rotatable bonds is 4. The molecule has 6 atom stereocenters. The molecule has 2 fully saturated rings. The average Bonchev–Trinajstić information content (AvgIpc) is 3.12. The number of allylic oxidation sites excluding steroid dienone is 2. The van der Waals surface area contributed by atoms with Crippen molar-refractivity contribution < 1.29 is 23.9 Å². The molecule has 2 bridgehead atoms. The zero-order chi connectivity index (χ0) is 16.9. The minimum atomic E-state index is -0.572. The fourth-order valence-electron chi connectivity index (χ4n) is 5.42. The van der Waals surface area contributed by atoms with Gasteiger partial charge in [0.2, 0.25) is 0 Å². The van der Waals surface area contributed by atoms with Crippen molar-refractivity contribution in [3.63, 3.8) is 0 Å². The SMILES string of the molecule is CCCC1=C[C@@H]2[C@H](C1=O)[C@@H]1C[C@@]2(C)[C@H](C(=O)OC)[C@@H]1C(=O)OC. The number of esters is 2. The summed E-state index contributed by atoms with van der Waals surface area (Å²) >= 11 is 0. The highest BCUT2D eigenvalue weighted by atomic mass is 16.5. The van der Waals surface area contributed by atoms with Gasteiger partial charge in [0.1, 0.15) is 0 Å². The molecule has 0 heterocycles. The predicted octanol–water partition coefficient (Wildman–Crippen LogP) is 2.15. The predicted molar refractivity (Wildman–Crippen MR) is 82.2 cm³/mol. The Bertz CT molecular complexity index is 592. The molecular formula is C18H24O5. The third-order valence-corrected chi connectivity index (χ3v) is 6.26. The van der Waals surface area contributed by atoms with Gasteiger partial charge in [-0.3, -0.25) is 14.4 Å². The molecule has 3 aliphatic rings. The maximum atomic E-state index is 12.8. The van der Waals surface area contributed by atoms with Crippen LogP contribution in [0.1, 0.15) is 33.1 Å². The number of hydrogen-bond acceptors (Lipinski definition) is 5. The second-order valence-electron chi connectivity index (χ2n) is 7.28. The Morgan fingerprint density at radius 2 is 1.91 bits per heavy atom. The highest BCUT2D eigenvalue weighted by Crippen LogP contribution is 2.68. The van der Waals surface area contributed by atoms with Crippen molar-refractivity contribution in [2.24, 2.45) is 35.0 Å². The smallest absolute Gasteiger partial charge is 0.310 e. The minimum absolute atomic E-state index is 0.0338. The molecule has 0 saturated heterocycles. The van der Waals surface area contributed by atoms with Crippen molar-refractivity contribution in [3.8, 4) is 0 Å². The van der Waals surface area contributed by atoms with Crippen molar-refractivity contribution in [1.29, 1.82) is 0 Å². The van der Waals surface area contributed by atoms with E-state index in [0.29, 0.717) is 6.42 Å². The normalized spacial score (nSPS) is 40.8. The maximum Gasteiger partial charge on any atom is 0.310 e. The van der Waals surface area contributed by atoms with E-state index >= 15 is 0 Å². The summed E-state index contributed by atoms with van der Waals surface area (Å²) in [6.07, 6.45) is 4.45. The number of carbonyl (C=O) groups is 3. The van der Waals surface area contributed by atoms with Gasteiger partial charge in [-0.15, -0.1) is 0 Å². The van der Waals surface area contributed by atoms with Crippen LogP contribution in [0.2, 0.25) is 0 Å². The monoisotopic (exact) mass is 320 g/mol. The van der Waals surface area contributed by atoms with Crippen molar-refractivity contribution in [1.82, 2.24) is 0 Å². The van der Waals surface area contributed by atoms with Gasteiger partial charge < -0.3 is 9.47 Å². The molecule has 0 aromatic heterocycles.